The van der Waals surface area contributed by atoms with Crippen molar-refractivity contribution in [1.82, 2.24) is 5.32 Å². The maximum atomic E-state index is 3.46. The zero-order valence-corrected chi connectivity index (χ0v) is 12.2. The molecule has 0 bridgehead atoms. The second kappa shape index (κ2) is 7.30. The molecule has 0 amide bonds. The molecule has 0 aromatic heterocycles. The van der Waals surface area contributed by atoms with Gasteiger partial charge < -0.3 is 5.32 Å². The van der Waals surface area contributed by atoms with Crippen molar-refractivity contribution in [2.45, 2.75) is 45.1 Å². The van der Waals surface area contributed by atoms with E-state index in [0.717, 1.165) is 0 Å². The number of hydrogen-bond acceptors (Lipinski definition) is 1. The molecule has 0 saturated heterocycles. The first-order chi connectivity index (χ1) is 9.35. The monoisotopic (exact) mass is 255 g/mol. The fraction of sp³-hybridized carbons (Fsp3) is 0.444. The lowest BCUT2D eigenvalue weighted by molar-refractivity contribution is 0.505. The van der Waals surface area contributed by atoms with Gasteiger partial charge in [-0.2, -0.15) is 0 Å². The van der Waals surface area contributed by atoms with Gasteiger partial charge in [0.05, 0.1) is 0 Å². The Morgan fingerprint density at radius 3 is 2.47 bits per heavy atom. The maximum absolute atomic E-state index is 3.46. The summed E-state index contributed by atoms with van der Waals surface area (Å²) in [4.78, 5) is 0. The highest BCUT2D eigenvalue weighted by Crippen LogP contribution is 2.24. The van der Waals surface area contributed by atoms with Crippen LogP contribution in [0.4, 0.5) is 0 Å². The molecule has 0 radical (unpaired) electrons. The number of hydrogen-bond donors (Lipinski definition) is 1. The van der Waals surface area contributed by atoms with Gasteiger partial charge in [0.2, 0.25) is 0 Å². The summed E-state index contributed by atoms with van der Waals surface area (Å²) in [5, 5.41) is 6.13. The Labute approximate surface area is 117 Å². The predicted octanol–water partition coefficient (Wildman–Crippen LogP) is 5.07. The Bertz CT molecular complexity index is 504. The van der Waals surface area contributed by atoms with Crippen LogP contribution in [0.25, 0.3) is 10.8 Å². The molecule has 2 aromatic carbocycles. The van der Waals surface area contributed by atoms with Crippen molar-refractivity contribution < 1.29 is 0 Å². The molecule has 2 rings (SSSR count). The molecule has 0 aliphatic heterocycles. The Balaban J connectivity index is 2.07. The smallest absolute Gasteiger partial charge is 0.0317 e. The standard InChI is InChI=1S/C18H25N/c1-3-4-5-6-11-18(19-2)17-13-12-15-9-7-8-10-16(15)14-17/h7-10,12-14,18-19H,3-6,11H2,1-2H3. The van der Waals surface area contributed by atoms with Crippen LogP contribution in [0.15, 0.2) is 42.5 Å². The van der Waals surface area contributed by atoms with E-state index in [1.807, 2.05) is 0 Å². The van der Waals surface area contributed by atoms with E-state index in [4.69, 9.17) is 0 Å². The summed E-state index contributed by atoms with van der Waals surface area (Å²) in [5.74, 6) is 0. The highest BCUT2D eigenvalue weighted by Gasteiger charge is 2.09. The average Bonchev–Trinajstić information content (AvgIpc) is 2.47. The number of rotatable bonds is 7. The third-order valence-corrected chi connectivity index (χ3v) is 3.87. The molecule has 1 nitrogen and oxygen atoms in total. The Morgan fingerprint density at radius 2 is 1.74 bits per heavy atom. The van der Waals surface area contributed by atoms with E-state index in [-0.39, 0.29) is 0 Å². The Morgan fingerprint density at radius 1 is 0.947 bits per heavy atom. The molecule has 1 N–H and O–H groups in total. The predicted molar refractivity (Wildman–Crippen MR) is 84.5 cm³/mol. The molecule has 1 heteroatoms. The minimum absolute atomic E-state index is 0.487. The van der Waals surface area contributed by atoms with Crippen LogP contribution in [0.1, 0.15) is 50.6 Å². The van der Waals surface area contributed by atoms with Gasteiger partial charge in [-0.25, -0.2) is 0 Å². The second-order valence-corrected chi connectivity index (χ2v) is 5.30. The largest absolute Gasteiger partial charge is 0.313 e. The van der Waals surface area contributed by atoms with Crippen LogP contribution < -0.4 is 5.32 Å². The molecule has 0 aliphatic carbocycles. The number of nitrogens with one attached hydrogen (secondary N) is 1. The van der Waals surface area contributed by atoms with Crippen molar-refractivity contribution in [1.29, 1.82) is 0 Å². The van der Waals surface area contributed by atoms with Crippen LogP contribution in [0.3, 0.4) is 0 Å². The number of benzene rings is 2. The van der Waals surface area contributed by atoms with Crippen LogP contribution in [0, 0.1) is 0 Å². The molecule has 0 aliphatic rings. The third-order valence-electron chi connectivity index (χ3n) is 3.87. The summed E-state index contributed by atoms with van der Waals surface area (Å²) in [7, 11) is 2.07. The fourth-order valence-corrected chi connectivity index (χ4v) is 2.68. The molecule has 2 aromatic rings. The molecule has 0 heterocycles. The first kappa shape index (κ1) is 14.1. The molecule has 1 unspecified atom stereocenters. The molecular formula is C18H25N. The number of fused-ring (bicyclic) bond motifs is 1. The average molecular weight is 255 g/mol. The zero-order chi connectivity index (χ0) is 13.5. The van der Waals surface area contributed by atoms with E-state index in [1.165, 1.54) is 48.4 Å². The summed E-state index contributed by atoms with van der Waals surface area (Å²) >= 11 is 0. The van der Waals surface area contributed by atoms with Crippen LogP contribution in [0.5, 0.6) is 0 Å². The van der Waals surface area contributed by atoms with Crippen LogP contribution in [0.2, 0.25) is 0 Å². The molecule has 19 heavy (non-hydrogen) atoms. The highest BCUT2D eigenvalue weighted by molar-refractivity contribution is 5.83. The molecule has 102 valence electrons. The zero-order valence-electron chi connectivity index (χ0n) is 12.2. The summed E-state index contributed by atoms with van der Waals surface area (Å²) in [6, 6.07) is 15.9. The van der Waals surface area contributed by atoms with Crippen LogP contribution in [-0.2, 0) is 0 Å². The van der Waals surface area contributed by atoms with Gasteiger partial charge >= 0.3 is 0 Å². The molecular weight excluding hydrogens is 230 g/mol. The second-order valence-electron chi connectivity index (χ2n) is 5.30. The lowest BCUT2D eigenvalue weighted by atomic mass is 9.97. The summed E-state index contributed by atoms with van der Waals surface area (Å²) in [6.07, 6.45) is 6.55. The van der Waals surface area contributed by atoms with E-state index >= 15 is 0 Å². The molecule has 0 fully saturated rings. The van der Waals surface area contributed by atoms with E-state index in [0.29, 0.717) is 6.04 Å². The quantitative estimate of drug-likeness (QED) is 0.681. The Kier molecular flexibility index (Phi) is 5.41. The van der Waals surface area contributed by atoms with E-state index < -0.39 is 0 Å². The Hall–Kier alpha value is -1.34. The van der Waals surface area contributed by atoms with Crippen molar-refractivity contribution in [3.63, 3.8) is 0 Å². The van der Waals surface area contributed by atoms with Crippen LogP contribution >= 0.6 is 0 Å². The van der Waals surface area contributed by atoms with Crippen molar-refractivity contribution in [3.8, 4) is 0 Å². The van der Waals surface area contributed by atoms with Gasteiger partial charge in [-0.05, 0) is 35.9 Å². The fourth-order valence-electron chi connectivity index (χ4n) is 2.68. The van der Waals surface area contributed by atoms with Crippen molar-refractivity contribution in [2.24, 2.45) is 0 Å². The molecule has 0 saturated carbocycles. The van der Waals surface area contributed by atoms with E-state index in [1.54, 1.807) is 0 Å². The normalized spacial score (nSPS) is 12.7. The van der Waals surface area contributed by atoms with Gasteiger partial charge in [-0.15, -0.1) is 0 Å². The van der Waals surface area contributed by atoms with Crippen LogP contribution in [-0.4, -0.2) is 7.05 Å². The highest BCUT2D eigenvalue weighted by atomic mass is 14.9. The van der Waals surface area contributed by atoms with E-state index in [9.17, 15) is 0 Å². The molecule has 1 atom stereocenters. The topological polar surface area (TPSA) is 12.0 Å². The van der Waals surface area contributed by atoms with Crippen molar-refractivity contribution in [3.05, 3.63) is 48.0 Å². The minimum atomic E-state index is 0.487. The van der Waals surface area contributed by atoms with E-state index in [2.05, 4.69) is 61.8 Å². The molecule has 0 spiro atoms. The summed E-state index contributed by atoms with van der Waals surface area (Å²) in [6.45, 7) is 2.26. The van der Waals surface area contributed by atoms with Gasteiger partial charge in [0.15, 0.2) is 0 Å². The minimum Gasteiger partial charge on any atom is -0.313 e. The first-order valence-corrected chi connectivity index (χ1v) is 7.51. The van der Waals surface area contributed by atoms with Gasteiger partial charge in [0.1, 0.15) is 0 Å². The van der Waals surface area contributed by atoms with Gasteiger partial charge in [0.25, 0.3) is 0 Å². The summed E-state index contributed by atoms with van der Waals surface area (Å²) in [5.41, 5.74) is 1.41. The van der Waals surface area contributed by atoms with Crippen molar-refractivity contribution >= 4 is 10.8 Å². The lowest BCUT2D eigenvalue weighted by Crippen LogP contribution is -2.16. The number of unbranched alkanes of at least 4 members (excludes halogenated alkanes) is 3. The van der Waals surface area contributed by atoms with Gasteiger partial charge in [-0.3, -0.25) is 0 Å². The van der Waals surface area contributed by atoms with Crippen molar-refractivity contribution in [2.75, 3.05) is 7.05 Å². The third kappa shape index (κ3) is 3.81. The van der Waals surface area contributed by atoms with Gasteiger partial charge in [0, 0.05) is 6.04 Å². The lowest BCUT2D eigenvalue weighted by Gasteiger charge is -2.17. The van der Waals surface area contributed by atoms with Gasteiger partial charge in [-0.1, -0.05) is 69.0 Å². The first-order valence-electron chi connectivity index (χ1n) is 7.51. The summed E-state index contributed by atoms with van der Waals surface area (Å²) < 4.78 is 0. The SMILES string of the molecule is CCCCCCC(NC)c1ccc2ccccc2c1. The maximum Gasteiger partial charge on any atom is 0.0317 e.